The van der Waals surface area contributed by atoms with Crippen molar-refractivity contribution in [1.29, 1.82) is 0 Å². The second-order valence-corrected chi connectivity index (χ2v) is 8.96. The van der Waals surface area contributed by atoms with Crippen molar-refractivity contribution in [2.75, 3.05) is 11.1 Å². The average molecular weight is 441 g/mol. The molecule has 1 amide bonds. The number of hydrogen-bond acceptors (Lipinski definition) is 5. The topological polar surface area (TPSA) is 69.0 Å². The van der Waals surface area contributed by atoms with Crippen LogP contribution in [0.5, 0.6) is 11.5 Å². The summed E-state index contributed by atoms with van der Waals surface area (Å²) in [6.07, 6.45) is 4.76. The van der Waals surface area contributed by atoms with Crippen LogP contribution in [-0.2, 0) is 4.79 Å². The molecule has 1 aromatic heterocycles. The minimum Gasteiger partial charge on any atom is -0.456 e. The molecule has 1 heterocycles. The fourth-order valence-corrected chi connectivity index (χ4v) is 4.26. The number of nitrogens with one attached hydrogen (secondary N) is 1. The molecular formula is C22H21ClN4O2S. The Morgan fingerprint density at radius 2 is 1.87 bits per heavy atom. The Labute approximate surface area is 184 Å². The minimum absolute atomic E-state index is 0.0712. The first-order valence-corrected chi connectivity index (χ1v) is 11.4. The largest absolute Gasteiger partial charge is 0.456 e. The number of carbonyl (C=O) groups excluding carboxylic acids is 1. The van der Waals surface area contributed by atoms with Crippen LogP contribution in [0.25, 0.3) is 0 Å². The van der Waals surface area contributed by atoms with E-state index in [1.165, 1.54) is 37.4 Å². The third-order valence-electron chi connectivity index (χ3n) is 5.08. The number of hydrogen-bond donors (Lipinski definition) is 1. The van der Waals surface area contributed by atoms with Crippen LogP contribution in [0.2, 0.25) is 5.02 Å². The maximum atomic E-state index is 12.4. The zero-order chi connectivity index (χ0) is 20.5. The molecule has 2 aliphatic carbocycles. The van der Waals surface area contributed by atoms with Crippen LogP contribution in [-0.4, -0.2) is 26.4 Å². The van der Waals surface area contributed by atoms with Crippen molar-refractivity contribution < 1.29 is 9.53 Å². The van der Waals surface area contributed by atoms with Gasteiger partial charge in [0.05, 0.1) is 10.8 Å². The summed E-state index contributed by atoms with van der Waals surface area (Å²) in [5, 5.41) is 13.1. The summed E-state index contributed by atoms with van der Waals surface area (Å²) in [4.78, 5) is 12.4. The number of benzene rings is 2. The number of anilines is 1. The van der Waals surface area contributed by atoms with Gasteiger partial charge in [-0.2, -0.15) is 0 Å². The molecule has 154 valence electrons. The lowest BCUT2D eigenvalue weighted by atomic mass is 10.3. The summed E-state index contributed by atoms with van der Waals surface area (Å²) in [6.45, 7) is 0. The van der Waals surface area contributed by atoms with Crippen molar-refractivity contribution in [2.24, 2.45) is 0 Å². The molecule has 2 aromatic carbocycles. The summed E-state index contributed by atoms with van der Waals surface area (Å²) in [5.41, 5.74) is 0.717. The van der Waals surface area contributed by atoms with Crippen molar-refractivity contribution in [1.82, 2.24) is 14.8 Å². The maximum Gasteiger partial charge on any atom is 0.234 e. The van der Waals surface area contributed by atoms with E-state index in [1.807, 2.05) is 30.3 Å². The van der Waals surface area contributed by atoms with Gasteiger partial charge in [-0.3, -0.25) is 4.79 Å². The van der Waals surface area contributed by atoms with Crippen LogP contribution in [0.4, 0.5) is 5.69 Å². The van der Waals surface area contributed by atoms with Gasteiger partial charge in [-0.1, -0.05) is 35.5 Å². The highest BCUT2D eigenvalue weighted by Crippen LogP contribution is 2.46. The molecule has 30 heavy (non-hydrogen) atoms. The lowest BCUT2D eigenvalue weighted by Gasteiger charge is -2.10. The van der Waals surface area contributed by atoms with Crippen LogP contribution < -0.4 is 10.1 Å². The van der Waals surface area contributed by atoms with Crippen LogP contribution >= 0.6 is 23.4 Å². The molecule has 5 rings (SSSR count). The second kappa shape index (κ2) is 8.32. The summed E-state index contributed by atoms with van der Waals surface area (Å²) in [7, 11) is 0. The van der Waals surface area contributed by atoms with E-state index in [1.54, 1.807) is 18.2 Å². The molecule has 2 aliphatic rings. The third kappa shape index (κ3) is 4.47. The van der Waals surface area contributed by atoms with Crippen molar-refractivity contribution in [3.05, 3.63) is 59.4 Å². The zero-order valence-electron chi connectivity index (χ0n) is 16.3. The quantitative estimate of drug-likeness (QED) is 0.457. The lowest BCUT2D eigenvalue weighted by molar-refractivity contribution is -0.113. The fraction of sp³-hybridized carbons (Fsp3) is 0.318. The molecule has 0 atom stereocenters. The molecule has 8 heteroatoms. The van der Waals surface area contributed by atoms with E-state index < -0.39 is 0 Å². The Morgan fingerprint density at radius 1 is 1.10 bits per heavy atom. The van der Waals surface area contributed by atoms with E-state index >= 15 is 0 Å². The highest BCUT2D eigenvalue weighted by atomic mass is 35.5. The van der Waals surface area contributed by atoms with Crippen LogP contribution in [0, 0.1) is 0 Å². The van der Waals surface area contributed by atoms with Gasteiger partial charge in [0.2, 0.25) is 5.91 Å². The molecule has 0 bridgehead atoms. The van der Waals surface area contributed by atoms with Crippen molar-refractivity contribution in [2.45, 2.75) is 42.8 Å². The highest BCUT2D eigenvalue weighted by molar-refractivity contribution is 7.99. The molecule has 0 radical (unpaired) electrons. The van der Waals surface area contributed by atoms with Gasteiger partial charge in [-0.25, -0.2) is 0 Å². The van der Waals surface area contributed by atoms with Gasteiger partial charge in [0.25, 0.3) is 0 Å². The number of ether oxygens (including phenoxy) is 1. The van der Waals surface area contributed by atoms with Crippen LogP contribution in [0.3, 0.4) is 0 Å². The van der Waals surface area contributed by atoms with Gasteiger partial charge in [-0.05, 0) is 62.1 Å². The van der Waals surface area contributed by atoms with Crippen LogP contribution in [0.15, 0.2) is 53.7 Å². The average Bonchev–Trinajstić information content (AvgIpc) is 3.68. The third-order valence-corrected chi connectivity index (χ3v) is 6.34. The summed E-state index contributed by atoms with van der Waals surface area (Å²) in [6, 6.07) is 15.1. The molecule has 0 aliphatic heterocycles. The normalized spacial score (nSPS) is 15.8. The SMILES string of the molecule is O=C(CSc1nnc(C2CC2)n1C1CC1)Nc1ccc(Oc2ccccc2Cl)cc1. The Hall–Kier alpha value is -2.51. The van der Waals surface area contributed by atoms with E-state index in [2.05, 4.69) is 20.1 Å². The molecule has 0 spiro atoms. The first-order chi connectivity index (χ1) is 14.7. The van der Waals surface area contributed by atoms with Crippen molar-refractivity contribution in [3.8, 4) is 11.5 Å². The van der Waals surface area contributed by atoms with E-state index in [0.29, 0.717) is 34.2 Å². The molecule has 1 N–H and O–H groups in total. The van der Waals surface area contributed by atoms with Crippen molar-refractivity contribution in [3.63, 3.8) is 0 Å². The number of halogens is 1. The summed E-state index contributed by atoms with van der Waals surface area (Å²) < 4.78 is 8.04. The lowest BCUT2D eigenvalue weighted by Crippen LogP contribution is -2.14. The number of amides is 1. The summed E-state index contributed by atoms with van der Waals surface area (Å²) >= 11 is 7.57. The van der Waals surface area contributed by atoms with Gasteiger partial charge in [0, 0.05) is 17.6 Å². The number of aromatic nitrogens is 3. The number of carbonyl (C=O) groups is 1. The van der Waals surface area contributed by atoms with Crippen molar-refractivity contribution >= 4 is 35.0 Å². The van der Waals surface area contributed by atoms with Gasteiger partial charge in [-0.15, -0.1) is 10.2 Å². The Balaban J connectivity index is 1.17. The monoisotopic (exact) mass is 440 g/mol. The van der Waals surface area contributed by atoms with E-state index in [4.69, 9.17) is 16.3 Å². The smallest absolute Gasteiger partial charge is 0.234 e. The van der Waals surface area contributed by atoms with Gasteiger partial charge >= 0.3 is 0 Å². The first kappa shape index (κ1) is 19.5. The predicted molar refractivity (Wildman–Crippen MR) is 118 cm³/mol. The van der Waals surface area contributed by atoms with E-state index in [9.17, 15) is 4.79 Å². The highest BCUT2D eigenvalue weighted by Gasteiger charge is 2.36. The van der Waals surface area contributed by atoms with Gasteiger partial charge in [0.15, 0.2) is 5.16 Å². The Bertz CT molecular complexity index is 1060. The van der Waals surface area contributed by atoms with Gasteiger partial charge < -0.3 is 14.6 Å². The summed E-state index contributed by atoms with van der Waals surface area (Å²) in [5.74, 6) is 3.15. The Morgan fingerprint density at radius 3 is 2.57 bits per heavy atom. The molecule has 3 aromatic rings. The van der Waals surface area contributed by atoms with E-state index in [0.717, 1.165) is 16.7 Å². The maximum absolute atomic E-state index is 12.4. The fourth-order valence-electron chi connectivity index (χ4n) is 3.27. The molecule has 2 fully saturated rings. The molecule has 2 saturated carbocycles. The van der Waals surface area contributed by atoms with Crippen LogP contribution in [0.1, 0.15) is 43.5 Å². The Kier molecular flexibility index (Phi) is 5.39. The molecule has 6 nitrogen and oxygen atoms in total. The number of rotatable bonds is 8. The minimum atomic E-state index is -0.0712. The molecule has 0 saturated heterocycles. The molecular weight excluding hydrogens is 420 g/mol. The predicted octanol–water partition coefficient (Wildman–Crippen LogP) is 5.67. The number of para-hydroxylation sites is 1. The second-order valence-electron chi connectivity index (χ2n) is 7.61. The standard InChI is InChI=1S/C22H21ClN4O2S/c23-18-3-1-2-4-19(18)29-17-11-7-15(8-12-17)24-20(28)13-30-22-26-25-21(14-5-6-14)27(22)16-9-10-16/h1-4,7-8,11-12,14,16H,5-6,9-10,13H2,(H,24,28). The zero-order valence-corrected chi connectivity index (χ0v) is 17.8. The number of thioether (sulfide) groups is 1. The van der Waals surface area contributed by atoms with Gasteiger partial charge in [0.1, 0.15) is 17.3 Å². The molecule has 0 unspecified atom stereocenters. The number of nitrogens with zero attached hydrogens (tertiary/aromatic N) is 3. The van der Waals surface area contributed by atoms with E-state index in [-0.39, 0.29) is 5.91 Å². The first-order valence-electron chi connectivity index (χ1n) is 10.1.